The second-order valence-electron chi connectivity index (χ2n) is 14.1. The van der Waals surface area contributed by atoms with Gasteiger partial charge in [0.05, 0.1) is 6.10 Å². The minimum absolute atomic E-state index is 0.0314. The molecule has 0 unspecified atom stereocenters. The fourth-order valence-electron chi connectivity index (χ4n) is 10.1. The van der Waals surface area contributed by atoms with E-state index in [1.54, 1.807) is 12.5 Å². The lowest BCUT2D eigenvalue weighted by Gasteiger charge is -2.58. The van der Waals surface area contributed by atoms with Crippen molar-refractivity contribution in [2.24, 2.45) is 46.3 Å². The van der Waals surface area contributed by atoms with Crippen molar-refractivity contribution >= 4 is 11.9 Å². The molecule has 1 heterocycles. The lowest BCUT2D eigenvalue weighted by molar-refractivity contribution is -0.238. The Bertz CT molecular complexity index is 963. The number of methoxy groups -OCH3 is 1. The number of allylic oxidation sites excluding steroid dienone is 1. The maximum Gasteiger partial charge on any atom is 0.302 e. The molecule has 4 fully saturated rings. The molecule has 38 heavy (non-hydrogen) atoms. The van der Waals surface area contributed by atoms with E-state index < -0.39 is 5.79 Å². The van der Waals surface area contributed by atoms with Crippen molar-refractivity contribution in [3.63, 3.8) is 0 Å². The van der Waals surface area contributed by atoms with Crippen LogP contribution in [0.15, 0.2) is 11.6 Å². The van der Waals surface area contributed by atoms with Gasteiger partial charge in [0.2, 0.25) is 5.91 Å². The molecule has 214 valence electrons. The SMILES string of the molecule is CO[C@]1(CC[C@H](C)CNC(C)=O)O[C@@H]2C[C@@H]3[C@@H]4CC=C5C[C@H](OC(C)=O)CC[C@]5(C)[C@@H]4CC[C@]3(C)[C@H]2[C@@H]1C. The lowest BCUT2D eigenvalue weighted by Crippen LogP contribution is -2.52. The third-order valence-corrected chi connectivity index (χ3v) is 12.1. The molecule has 5 rings (SSSR count). The Morgan fingerprint density at radius 3 is 2.63 bits per heavy atom. The molecule has 3 saturated carbocycles. The van der Waals surface area contributed by atoms with E-state index in [-0.39, 0.29) is 34.9 Å². The van der Waals surface area contributed by atoms with Crippen molar-refractivity contribution in [2.75, 3.05) is 13.7 Å². The Hall–Kier alpha value is -1.40. The molecule has 1 N–H and O–H groups in total. The molecule has 6 heteroatoms. The van der Waals surface area contributed by atoms with Crippen molar-refractivity contribution in [1.82, 2.24) is 5.32 Å². The van der Waals surface area contributed by atoms with Gasteiger partial charge in [-0.3, -0.25) is 9.59 Å². The summed E-state index contributed by atoms with van der Waals surface area (Å²) in [6, 6.07) is 0. The Morgan fingerprint density at radius 1 is 1.18 bits per heavy atom. The molecule has 0 spiro atoms. The Morgan fingerprint density at radius 2 is 1.95 bits per heavy atom. The molecule has 1 amide bonds. The quantitative estimate of drug-likeness (QED) is 0.322. The van der Waals surface area contributed by atoms with E-state index in [1.807, 2.05) is 7.11 Å². The third-order valence-electron chi connectivity index (χ3n) is 12.1. The first-order valence-electron chi connectivity index (χ1n) is 15.3. The molecule has 6 nitrogen and oxygen atoms in total. The average Bonchev–Trinajstić information content (AvgIpc) is 3.31. The summed E-state index contributed by atoms with van der Waals surface area (Å²) in [4.78, 5) is 22.9. The van der Waals surface area contributed by atoms with E-state index in [4.69, 9.17) is 14.2 Å². The molecule has 11 atom stereocenters. The average molecular weight is 530 g/mol. The lowest BCUT2D eigenvalue weighted by atomic mass is 9.47. The van der Waals surface area contributed by atoms with Crippen LogP contribution in [0.5, 0.6) is 0 Å². The van der Waals surface area contributed by atoms with Crippen LogP contribution in [0.25, 0.3) is 0 Å². The highest BCUT2D eigenvalue weighted by molar-refractivity contribution is 5.72. The summed E-state index contributed by atoms with van der Waals surface area (Å²) in [5, 5.41) is 2.96. The zero-order chi connectivity index (χ0) is 27.5. The minimum atomic E-state index is -0.522. The van der Waals surface area contributed by atoms with Gasteiger partial charge in [0.25, 0.3) is 0 Å². The van der Waals surface area contributed by atoms with Crippen molar-refractivity contribution < 1.29 is 23.8 Å². The van der Waals surface area contributed by atoms with E-state index in [2.05, 4.69) is 39.1 Å². The number of hydrogen-bond donors (Lipinski definition) is 1. The van der Waals surface area contributed by atoms with Gasteiger partial charge in [0.15, 0.2) is 5.79 Å². The Kier molecular flexibility index (Phi) is 7.56. The van der Waals surface area contributed by atoms with Crippen molar-refractivity contribution in [1.29, 1.82) is 0 Å². The Labute approximate surface area is 230 Å². The van der Waals surface area contributed by atoms with E-state index in [0.717, 1.165) is 50.9 Å². The van der Waals surface area contributed by atoms with Gasteiger partial charge in [-0.05, 0) is 85.4 Å². The minimum Gasteiger partial charge on any atom is -0.462 e. The zero-order valence-electron chi connectivity index (χ0n) is 24.8. The number of amides is 1. The van der Waals surface area contributed by atoms with Crippen LogP contribution >= 0.6 is 0 Å². The standard InChI is InChI=1S/C32H51NO5/c1-19(18-33-21(3)34)10-15-32(36-7)20(2)29-28(38-32)17-27-25-9-8-23-16-24(37-22(4)35)11-13-30(23,5)26(25)12-14-31(27,29)6/h8,19-20,24-29H,9-18H2,1-7H3,(H,33,34)/t19-,20-,24+,25+,26+,27+,28+,29-,30-,31-,32+/m0/s1. The summed E-state index contributed by atoms with van der Waals surface area (Å²) >= 11 is 0. The van der Waals surface area contributed by atoms with Gasteiger partial charge in [-0.25, -0.2) is 0 Å². The molecule has 0 aromatic heterocycles. The number of rotatable bonds is 7. The van der Waals surface area contributed by atoms with Crippen LogP contribution in [0, 0.1) is 46.3 Å². The van der Waals surface area contributed by atoms with Crippen LogP contribution in [0.1, 0.15) is 99.3 Å². The number of fused-ring (bicyclic) bond motifs is 7. The fourth-order valence-corrected chi connectivity index (χ4v) is 10.1. The number of hydrogen-bond acceptors (Lipinski definition) is 5. The normalized spacial score (nSPS) is 46.2. The number of nitrogens with one attached hydrogen (secondary N) is 1. The highest BCUT2D eigenvalue weighted by atomic mass is 16.7. The number of ether oxygens (including phenoxy) is 3. The molecular formula is C32H51NO5. The molecule has 4 aliphatic carbocycles. The summed E-state index contributed by atoms with van der Waals surface area (Å²) in [5.74, 6) is 2.74. The van der Waals surface area contributed by atoms with Gasteiger partial charge in [0, 0.05) is 46.3 Å². The first-order valence-corrected chi connectivity index (χ1v) is 15.3. The van der Waals surface area contributed by atoms with Gasteiger partial charge >= 0.3 is 5.97 Å². The van der Waals surface area contributed by atoms with Crippen molar-refractivity contribution in [3.05, 3.63) is 11.6 Å². The summed E-state index contributed by atoms with van der Waals surface area (Å²) in [6.45, 7) is 13.5. The van der Waals surface area contributed by atoms with Crippen LogP contribution in [0.3, 0.4) is 0 Å². The van der Waals surface area contributed by atoms with Gasteiger partial charge in [-0.2, -0.15) is 0 Å². The summed E-state index contributed by atoms with van der Waals surface area (Å²) in [7, 11) is 1.83. The van der Waals surface area contributed by atoms with Gasteiger partial charge in [0.1, 0.15) is 6.10 Å². The maximum atomic E-state index is 11.6. The molecule has 0 aromatic carbocycles. The maximum absolute atomic E-state index is 11.6. The van der Waals surface area contributed by atoms with Gasteiger partial charge in [-0.15, -0.1) is 0 Å². The van der Waals surface area contributed by atoms with Gasteiger partial charge < -0.3 is 19.5 Å². The first kappa shape index (κ1) is 28.1. The van der Waals surface area contributed by atoms with Crippen LogP contribution in [0.2, 0.25) is 0 Å². The third kappa shape index (κ3) is 4.56. The fraction of sp³-hybridized carbons (Fsp3) is 0.875. The number of carbonyl (C=O) groups excluding carboxylic acids is 2. The second kappa shape index (κ2) is 10.2. The predicted molar refractivity (Wildman–Crippen MR) is 147 cm³/mol. The second-order valence-corrected chi connectivity index (χ2v) is 14.1. The predicted octanol–water partition coefficient (Wildman–Crippen LogP) is 6.04. The monoisotopic (exact) mass is 529 g/mol. The molecule has 5 aliphatic rings. The number of esters is 1. The zero-order valence-corrected chi connectivity index (χ0v) is 24.8. The molecule has 0 bridgehead atoms. The van der Waals surface area contributed by atoms with Crippen LogP contribution < -0.4 is 5.32 Å². The topological polar surface area (TPSA) is 73.9 Å². The van der Waals surface area contributed by atoms with Crippen LogP contribution in [-0.2, 0) is 23.8 Å². The van der Waals surface area contributed by atoms with Crippen molar-refractivity contribution in [2.45, 2.75) is 117 Å². The Balaban J connectivity index is 1.30. The number of carbonyl (C=O) groups is 2. The molecule has 1 aliphatic heterocycles. The first-order chi connectivity index (χ1) is 17.9. The van der Waals surface area contributed by atoms with Gasteiger partial charge in [-0.1, -0.05) is 39.3 Å². The van der Waals surface area contributed by atoms with Crippen LogP contribution in [0.4, 0.5) is 0 Å². The molecular weight excluding hydrogens is 478 g/mol. The molecule has 0 radical (unpaired) electrons. The van der Waals surface area contributed by atoms with E-state index in [1.165, 1.54) is 19.8 Å². The van der Waals surface area contributed by atoms with Crippen molar-refractivity contribution in [3.8, 4) is 0 Å². The molecule has 1 saturated heterocycles. The summed E-state index contributed by atoms with van der Waals surface area (Å²) in [6.07, 6.45) is 12.6. The molecule has 0 aromatic rings. The summed E-state index contributed by atoms with van der Waals surface area (Å²) in [5.41, 5.74) is 2.07. The van der Waals surface area contributed by atoms with E-state index in [0.29, 0.717) is 36.1 Å². The highest BCUT2D eigenvalue weighted by Crippen LogP contribution is 2.70. The summed E-state index contributed by atoms with van der Waals surface area (Å²) < 4.78 is 18.8. The highest BCUT2D eigenvalue weighted by Gasteiger charge is 2.68. The van der Waals surface area contributed by atoms with E-state index in [9.17, 15) is 9.59 Å². The van der Waals surface area contributed by atoms with E-state index >= 15 is 0 Å². The smallest absolute Gasteiger partial charge is 0.302 e. The largest absolute Gasteiger partial charge is 0.462 e. The van der Waals surface area contributed by atoms with Crippen LogP contribution in [-0.4, -0.2) is 43.5 Å².